The Morgan fingerprint density at radius 1 is 0.821 bits per heavy atom. The van der Waals surface area contributed by atoms with Gasteiger partial charge in [-0.05, 0) is 71.8 Å². The van der Waals surface area contributed by atoms with Crippen LogP contribution in [0.4, 0.5) is 5.69 Å². The molecule has 0 saturated carbocycles. The Hall–Kier alpha value is -3.47. The highest BCUT2D eigenvalue weighted by Crippen LogP contribution is 2.37. The lowest BCUT2D eigenvalue weighted by molar-refractivity contribution is 0.414. The SMILES string of the molecule is COc1ccc(C2=NN(c3ccc(O)cc3)C(c3ccc(OC)cc3)C2)cc1. The minimum Gasteiger partial charge on any atom is -0.508 e. The first kappa shape index (κ1) is 17.9. The zero-order valence-corrected chi connectivity index (χ0v) is 15.9. The minimum atomic E-state index is 0.0625. The van der Waals surface area contributed by atoms with Crippen LogP contribution in [0.15, 0.2) is 77.9 Å². The number of methoxy groups -OCH3 is 2. The van der Waals surface area contributed by atoms with Gasteiger partial charge in [-0.15, -0.1) is 0 Å². The summed E-state index contributed by atoms with van der Waals surface area (Å²) in [6.45, 7) is 0. The van der Waals surface area contributed by atoms with E-state index < -0.39 is 0 Å². The summed E-state index contributed by atoms with van der Waals surface area (Å²) < 4.78 is 10.5. The van der Waals surface area contributed by atoms with Gasteiger partial charge >= 0.3 is 0 Å². The molecule has 1 N–H and O–H groups in total. The van der Waals surface area contributed by atoms with Gasteiger partial charge in [-0.25, -0.2) is 0 Å². The van der Waals surface area contributed by atoms with E-state index in [0.717, 1.165) is 40.4 Å². The average molecular weight is 374 g/mol. The predicted molar refractivity (Wildman–Crippen MR) is 110 cm³/mol. The van der Waals surface area contributed by atoms with Crippen LogP contribution in [0, 0.1) is 0 Å². The third kappa shape index (κ3) is 3.51. The van der Waals surface area contributed by atoms with Crippen molar-refractivity contribution in [2.24, 2.45) is 5.10 Å². The second kappa shape index (κ2) is 7.64. The molecular formula is C23H22N2O3. The number of benzene rings is 3. The summed E-state index contributed by atoms with van der Waals surface area (Å²) in [4.78, 5) is 0. The van der Waals surface area contributed by atoms with E-state index in [1.807, 2.05) is 53.5 Å². The number of hydrazone groups is 1. The van der Waals surface area contributed by atoms with Crippen molar-refractivity contribution in [3.8, 4) is 17.2 Å². The van der Waals surface area contributed by atoms with E-state index >= 15 is 0 Å². The molecule has 0 aromatic heterocycles. The van der Waals surface area contributed by atoms with Crippen LogP contribution in [-0.4, -0.2) is 25.0 Å². The number of anilines is 1. The standard InChI is InChI=1S/C23H22N2O3/c1-27-20-11-3-16(4-12-20)22-15-23(17-5-13-21(28-2)14-6-17)25(24-22)18-7-9-19(26)10-8-18/h3-14,23,26H,15H2,1-2H3. The van der Waals surface area contributed by atoms with Gasteiger partial charge in [0.05, 0.1) is 31.7 Å². The zero-order chi connectivity index (χ0) is 19.5. The fraction of sp³-hybridized carbons (Fsp3) is 0.174. The molecular weight excluding hydrogens is 352 g/mol. The van der Waals surface area contributed by atoms with Crippen molar-refractivity contribution in [2.75, 3.05) is 19.2 Å². The molecule has 0 radical (unpaired) electrons. The van der Waals surface area contributed by atoms with Crippen molar-refractivity contribution in [1.29, 1.82) is 0 Å². The first-order valence-electron chi connectivity index (χ1n) is 9.12. The number of nitrogens with zero attached hydrogens (tertiary/aromatic N) is 2. The van der Waals surface area contributed by atoms with Crippen molar-refractivity contribution >= 4 is 11.4 Å². The number of hydrogen-bond donors (Lipinski definition) is 1. The first-order valence-corrected chi connectivity index (χ1v) is 9.12. The molecule has 4 rings (SSSR count). The van der Waals surface area contributed by atoms with Gasteiger partial charge in [0.15, 0.2) is 0 Å². The third-order valence-corrected chi connectivity index (χ3v) is 4.95. The Kier molecular flexibility index (Phi) is 4.89. The van der Waals surface area contributed by atoms with Crippen molar-refractivity contribution in [3.05, 3.63) is 83.9 Å². The molecule has 3 aromatic rings. The molecule has 1 heterocycles. The van der Waals surface area contributed by atoms with Crippen LogP contribution >= 0.6 is 0 Å². The molecule has 3 aromatic carbocycles. The van der Waals surface area contributed by atoms with Crippen LogP contribution in [0.1, 0.15) is 23.6 Å². The molecule has 0 saturated heterocycles. The van der Waals surface area contributed by atoms with Gasteiger partial charge in [-0.3, -0.25) is 5.01 Å². The fourth-order valence-electron chi connectivity index (χ4n) is 3.40. The van der Waals surface area contributed by atoms with E-state index in [1.165, 1.54) is 0 Å². The van der Waals surface area contributed by atoms with Gasteiger partial charge in [-0.1, -0.05) is 12.1 Å². The highest BCUT2D eigenvalue weighted by atomic mass is 16.5. The van der Waals surface area contributed by atoms with Crippen molar-refractivity contribution in [2.45, 2.75) is 12.5 Å². The van der Waals surface area contributed by atoms with Crippen LogP contribution in [-0.2, 0) is 0 Å². The predicted octanol–water partition coefficient (Wildman–Crippen LogP) is 4.77. The molecule has 0 fully saturated rings. The van der Waals surface area contributed by atoms with E-state index in [9.17, 15) is 5.11 Å². The molecule has 1 aliphatic heterocycles. The largest absolute Gasteiger partial charge is 0.508 e. The van der Waals surface area contributed by atoms with Crippen LogP contribution in [0.2, 0.25) is 0 Å². The number of phenolic OH excluding ortho intramolecular Hbond substituents is 1. The van der Waals surface area contributed by atoms with E-state index in [-0.39, 0.29) is 11.8 Å². The van der Waals surface area contributed by atoms with Gasteiger partial charge in [0.2, 0.25) is 0 Å². The summed E-state index contributed by atoms with van der Waals surface area (Å²) in [5.41, 5.74) is 4.17. The number of rotatable bonds is 5. The molecule has 0 amide bonds. The number of phenols is 1. The molecule has 1 atom stereocenters. The van der Waals surface area contributed by atoms with Crippen LogP contribution in [0.5, 0.6) is 17.2 Å². The minimum absolute atomic E-state index is 0.0625. The molecule has 0 bridgehead atoms. The molecule has 1 aliphatic rings. The normalized spacial score (nSPS) is 16.0. The smallest absolute Gasteiger partial charge is 0.118 e. The third-order valence-electron chi connectivity index (χ3n) is 4.95. The molecule has 5 heteroatoms. The Balaban J connectivity index is 1.70. The maximum Gasteiger partial charge on any atom is 0.118 e. The molecule has 1 unspecified atom stereocenters. The second-order valence-corrected chi connectivity index (χ2v) is 6.63. The number of hydrogen-bond acceptors (Lipinski definition) is 5. The molecule has 0 spiro atoms. The van der Waals surface area contributed by atoms with E-state index in [2.05, 4.69) is 12.1 Å². The summed E-state index contributed by atoms with van der Waals surface area (Å²) in [5, 5.41) is 16.6. The zero-order valence-electron chi connectivity index (χ0n) is 15.9. The Morgan fingerprint density at radius 2 is 1.39 bits per heavy atom. The molecule has 142 valence electrons. The average Bonchev–Trinajstić information content (AvgIpc) is 3.20. The highest BCUT2D eigenvalue weighted by Gasteiger charge is 2.30. The topological polar surface area (TPSA) is 54.3 Å². The molecule has 0 aliphatic carbocycles. The van der Waals surface area contributed by atoms with Crippen molar-refractivity contribution < 1.29 is 14.6 Å². The maximum atomic E-state index is 9.64. The number of ether oxygens (including phenoxy) is 2. The van der Waals surface area contributed by atoms with Gasteiger partial charge in [0.1, 0.15) is 17.2 Å². The van der Waals surface area contributed by atoms with Crippen molar-refractivity contribution in [1.82, 2.24) is 0 Å². The van der Waals surface area contributed by atoms with Crippen LogP contribution in [0.25, 0.3) is 0 Å². The first-order chi connectivity index (χ1) is 13.7. The summed E-state index contributed by atoms with van der Waals surface area (Å²) >= 11 is 0. The summed E-state index contributed by atoms with van der Waals surface area (Å²) in [6, 6.07) is 23.2. The van der Waals surface area contributed by atoms with E-state index in [1.54, 1.807) is 26.4 Å². The maximum absolute atomic E-state index is 9.64. The Morgan fingerprint density at radius 3 is 1.96 bits per heavy atom. The van der Waals surface area contributed by atoms with E-state index in [4.69, 9.17) is 14.6 Å². The summed E-state index contributed by atoms with van der Waals surface area (Å²) in [7, 11) is 3.33. The highest BCUT2D eigenvalue weighted by molar-refractivity contribution is 6.03. The summed E-state index contributed by atoms with van der Waals surface area (Å²) in [5.74, 6) is 1.89. The summed E-state index contributed by atoms with van der Waals surface area (Å²) in [6.07, 6.45) is 0.777. The Bertz CT molecular complexity index is 964. The van der Waals surface area contributed by atoms with Crippen LogP contribution < -0.4 is 14.5 Å². The second-order valence-electron chi connectivity index (χ2n) is 6.63. The monoisotopic (exact) mass is 374 g/mol. The Labute approximate surface area is 164 Å². The van der Waals surface area contributed by atoms with Gasteiger partial charge in [0, 0.05) is 6.42 Å². The van der Waals surface area contributed by atoms with Gasteiger partial charge < -0.3 is 14.6 Å². The lowest BCUT2D eigenvalue weighted by Gasteiger charge is -2.24. The fourth-order valence-corrected chi connectivity index (χ4v) is 3.40. The van der Waals surface area contributed by atoms with Crippen molar-refractivity contribution in [3.63, 3.8) is 0 Å². The van der Waals surface area contributed by atoms with Gasteiger partial charge in [0.25, 0.3) is 0 Å². The van der Waals surface area contributed by atoms with Gasteiger partial charge in [-0.2, -0.15) is 5.10 Å². The lowest BCUT2D eigenvalue weighted by Crippen LogP contribution is -2.18. The molecule has 28 heavy (non-hydrogen) atoms. The molecule has 5 nitrogen and oxygen atoms in total. The lowest BCUT2D eigenvalue weighted by atomic mass is 9.98. The van der Waals surface area contributed by atoms with E-state index in [0.29, 0.717) is 0 Å². The van der Waals surface area contributed by atoms with Crippen LogP contribution in [0.3, 0.4) is 0 Å². The number of aromatic hydroxyl groups is 1. The quantitative estimate of drug-likeness (QED) is 0.699.